The smallest absolute Gasteiger partial charge is 0.206 e. The van der Waals surface area contributed by atoms with Crippen molar-refractivity contribution in [3.63, 3.8) is 0 Å². The minimum absolute atomic E-state index is 0.329. The Labute approximate surface area is 97.1 Å². The molecule has 1 aromatic carbocycles. The average molecular weight is 275 g/mol. The van der Waals surface area contributed by atoms with Crippen molar-refractivity contribution in [3.8, 4) is 0 Å². The van der Waals surface area contributed by atoms with Crippen LogP contribution in [0.25, 0.3) is 0 Å². The third-order valence-electron chi connectivity index (χ3n) is 2.36. The zero-order valence-corrected chi connectivity index (χ0v) is 10.1. The monoisotopic (exact) mass is 274 g/mol. The average Bonchev–Trinajstić information content (AvgIpc) is 2.16. The van der Waals surface area contributed by atoms with E-state index in [0.717, 1.165) is 0 Å². The Balaban J connectivity index is 2.84. The minimum atomic E-state index is -2.76. The first kappa shape index (κ1) is 12.4. The Bertz CT molecular complexity index is 333. The molecule has 0 aromatic heterocycles. The van der Waals surface area contributed by atoms with Gasteiger partial charge in [0.25, 0.3) is 5.92 Å². The molecule has 0 radical (unpaired) electrons. The van der Waals surface area contributed by atoms with Crippen molar-refractivity contribution in [3.05, 3.63) is 47.0 Å². The van der Waals surface area contributed by atoms with Gasteiger partial charge in [-0.3, -0.25) is 0 Å². The summed E-state index contributed by atoms with van der Waals surface area (Å²) in [6, 6.07) is 8.79. The summed E-state index contributed by atoms with van der Waals surface area (Å²) in [7, 11) is 0. The molecule has 0 spiro atoms. The molecule has 0 bridgehead atoms. The number of halogens is 3. The van der Waals surface area contributed by atoms with Gasteiger partial charge in [-0.25, -0.2) is 8.78 Å². The highest BCUT2D eigenvalue weighted by Gasteiger charge is 2.37. The van der Waals surface area contributed by atoms with Crippen LogP contribution < -0.4 is 0 Å². The molecule has 0 amide bonds. The summed E-state index contributed by atoms with van der Waals surface area (Å²) in [5, 5.41) is 0. The van der Waals surface area contributed by atoms with Crippen LogP contribution in [0, 0.1) is 0 Å². The maximum Gasteiger partial charge on any atom is 0.259 e. The van der Waals surface area contributed by atoms with Crippen LogP contribution in [0.4, 0.5) is 8.78 Å². The second-order valence-corrected chi connectivity index (χ2v) is 4.71. The van der Waals surface area contributed by atoms with Crippen molar-refractivity contribution in [1.29, 1.82) is 0 Å². The van der Waals surface area contributed by atoms with E-state index in [0.29, 0.717) is 10.0 Å². The Kier molecular flexibility index (Phi) is 4.03. The molecule has 82 valence electrons. The van der Waals surface area contributed by atoms with E-state index in [2.05, 4.69) is 22.5 Å². The lowest BCUT2D eigenvalue weighted by Crippen LogP contribution is -2.24. The Morgan fingerprint density at radius 1 is 1.40 bits per heavy atom. The minimum Gasteiger partial charge on any atom is -0.206 e. The molecule has 1 rings (SSSR count). The van der Waals surface area contributed by atoms with Crippen molar-refractivity contribution < 1.29 is 8.78 Å². The van der Waals surface area contributed by atoms with Crippen LogP contribution in [0.15, 0.2) is 41.4 Å². The van der Waals surface area contributed by atoms with E-state index in [1.807, 2.05) is 6.07 Å². The highest BCUT2D eigenvalue weighted by Crippen LogP contribution is 2.38. The fraction of sp³-hybridized carbons (Fsp3) is 0.333. The molecule has 1 aromatic rings. The molecule has 0 nitrogen and oxygen atoms in total. The van der Waals surface area contributed by atoms with Crippen LogP contribution in [-0.4, -0.2) is 5.92 Å². The number of alkyl halides is 2. The zero-order valence-electron chi connectivity index (χ0n) is 8.51. The van der Waals surface area contributed by atoms with Gasteiger partial charge in [-0.15, -0.1) is 0 Å². The lowest BCUT2D eigenvalue weighted by Gasteiger charge is -2.23. The molecule has 0 fully saturated rings. The number of allylic oxidation sites excluding steroid dienone is 1. The lowest BCUT2D eigenvalue weighted by atomic mass is 9.92. The van der Waals surface area contributed by atoms with Crippen molar-refractivity contribution in [2.75, 3.05) is 0 Å². The number of rotatable bonds is 4. The van der Waals surface area contributed by atoms with E-state index in [4.69, 9.17) is 0 Å². The van der Waals surface area contributed by atoms with Gasteiger partial charge < -0.3 is 0 Å². The van der Waals surface area contributed by atoms with Crippen LogP contribution in [0.3, 0.4) is 0 Å². The molecular weight excluding hydrogens is 262 g/mol. The quantitative estimate of drug-likeness (QED) is 0.745. The second kappa shape index (κ2) is 4.88. The Morgan fingerprint density at radius 3 is 2.40 bits per heavy atom. The molecule has 3 heteroatoms. The predicted molar refractivity (Wildman–Crippen MR) is 62.5 cm³/mol. The van der Waals surface area contributed by atoms with E-state index >= 15 is 0 Å². The molecule has 0 saturated heterocycles. The number of benzene rings is 1. The van der Waals surface area contributed by atoms with Crippen LogP contribution in [0.2, 0.25) is 0 Å². The highest BCUT2D eigenvalue weighted by molar-refractivity contribution is 9.11. The summed E-state index contributed by atoms with van der Waals surface area (Å²) < 4.78 is 27.7. The van der Waals surface area contributed by atoms with Gasteiger partial charge in [0.1, 0.15) is 0 Å². The van der Waals surface area contributed by atoms with Crippen LogP contribution >= 0.6 is 15.9 Å². The van der Waals surface area contributed by atoms with Crippen molar-refractivity contribution >= 4 is 15.9 Å². The molecule has 0 N–H and O–H groups in total. The fourth-order valence-electron chi connectivity index (χ4n) is 1.39. The Hall–Kier alpha value is -0.700. The molecule has 0 aliphatic carbocycles. The van der Waals surface area contributed by atoms with Gasteiger partial charge in [-0.05, 0) is 10.0 Å². The number of hydrogen-bond donors (Lipinski definition) is 0. The molecule has 0 heterocycles. The normalized spacial score (nSPS) is 13.6. The predicted octanol–water partition coefficient (Wildman–Crippen LogP) is 4.72. The summed E-state index contributed by atoms with van der Waals surface area (Å²) in [5.41, 5.74) is 0.649. The van der Waals surface area contributed by atoms with Gasteiger partial charge >= 0.3 is 0 Å². The van der Waals surface area contributed by atoms with E-state index < -0.39 is 11.8 Å². The lowest BCUT2D eigenvalue weighted by molar-refractivity contribution is -0.0197. The van der Waals surface area contributed by atoms with Gasteiger partial charge in [0.2, 0.25) is 0 Å². The van der Waals surface area contributed by atoms with Crippen molar-refractivity contribution in [2.45, 2.75) is 25.2 Å². The summed E-state index contributed by atoms with van der Waals surface area (Å²) in [4.78, 5) is 0. The molecule has 1 atom stereocenters. The first-order valence-corrected chi connectivity index (χ1v) is 5.49. The Morgan fingerprint density at radius 2 is 1.93 bits per heavy atom. The summed E-state index contributed by atoms with van der Waals surface area (Å²) in [6.45, 7) is 4.99. The van der Waals surface area contributed by atoms with Gasteiger partial charge in [0.05, 0.1) is 0 Å². The maximum atomic E-state index is 13.7. The summed E-state index contributed by atoms with van der Waals surface area (Å²) in [5.74, 6) is -3.56. The van der Waals surface area contributed by atoms with E-state index in [9.17, 15) is 8.78 Å². The number of hydrogen-bond acceptors (Lipinski definition) is 0. The van der Waals surface area contributed by atoms with Gasteiger partial charge in [-0.2, -0.15) is 0 Å². The zero-order chi connectivity index (χ0) is 11.5. The van der Waals surface area contributed by atoms with Gasteiger partial charge in [0, 0.05) is 12.3 Å². The summed E-state index contributed by atoms with van der Waals surface area (Å²) >= 11 is 2.98. The molecule has 0 aliphatic rings. The van der Waals surface area contributed by atoms with Crippen LogP contribution in [-0.2, 0) is 0 Å². The maximum absolute atomic E-state index is 13.7. The highest BCUT2D eigenvalue weighted by atomic mass is 79.9. The van der Waals surface area contributed by atoms with Crippen LogP contribution in [0.1, 0.15) is 24.8 Å². The third kappa shape index (κ3) is 3.42. The topological polar surface area (TPSA) is 0 Å². The standard InChI is InChI=1S/C12H13BrF2/c1-9(13)8-12(14,15)10(2)11-6-4-3-5-7-11/h3-7,10H,1,8H2,2H3. The largest absolute Gasteiger partial charge is 0.259 e. The molecule has 15 heavy (non-hydrogen) atoms. The van der Waals surface area contributed by atoms with E-state index in [1.54, 1.807) is 24.3 Å². The summed E-state index contributed by atoms with van der Waals surface area (Å²) in [6.07, 6.45) is -0.330. The first-order valence-electron chi connectivity index (χ1n) is 4.69. The van der Waals surface area contributed by atoms with Crippen molar-refractivity contribution in [1.82, 2.24) is 0 Å². The van der Waals surface area contributed by atoms with E-state index in [1.165, 1.54) is 6.92 Å². The van der Waals surface area contributed by atoms with Crippen LogP contribution in [0.5, 0.6) is 0 Å². The van der Waals surface area contributed by atoms with Gasteiger partial charge in [-0.1, -0.05) is 59.8 Å². The molecule has 0 aliphatic heterocycles. The van der Waals surface area contributed by atoms with Gasteiger partial charge in [0.15, 0.2) is 0 Å². The SMILES string of the molecule is C=C(Br)CC(F)(F)C(C)c1ccccc1. The second-order valence-electron chi connectivity index (χ2n) is 3.59. The van der Waals surface area contributed by atoms with Crippen molar-refractivity contribution in [2.24, 2.45) is 0 Å². The fourth-order valence-corrected chi connectivity index (χ4v) is 1.77. The first-order chi connectivity index (χ1) is 6.93. The molecule has 0 saturated carbocycles. The van der Waals surface area contributed by atoms with E-state index in [-0.39, 0.29) is 6.42 Å². The molecular formula is C12H13BrF2. The molecule has 1 unspecified atom stereocenters. The third-order valence-corrected chi connectivity index (χ3v) is 2.64.